The van der Waals surface area contributed by atoms with Crippen molar-refractivity contribution in [1.82, 2.24) is 0 Å². The van der Waals surface area contributed by atoms with Crippen LogP contribution < -0.4 is 0 Å². The Bertz CT molecular complexity index is 474. The first-order valence-corrected chi connectivity index (χ1v) is 7.07. The van der Waals surface area contributed by atoms with Gasteiger partial charge >= 0.3 is 11.9 Å². The summed E-state index contributed by atoms with van der Waals surface area (Å²) in [5.74, 6) is 3.29. The van der Waals surface area contributed by atoms with Crippen LogP contribution in [-0.4, -0.2) is 25.2 Å². The van der Waals surface area contributed by atoms with Gasteiger partial charge in [0, 0.05) is 12.8 Å². The highest BCUT2D eigenvalue weighted by Gasteiger charge is 2.53. The fourth-order valence-corrected chi connectivity index (χ4v) is 3.08. The number of terminal acetylenes is 2. The van der Waals surface area contributed by atoms with Gasteiger partial charge in [-0.3, -0.25) is 9.59 Å². The van der Waals surface area contributed by atoms with E-state index >= 15 is 0 Å². The number of esters is 2. The van der Waals surface area contributed by atoms with E-state index in [1.54, 1.807) is 0 Å². The molecule has 0 aromatic heterocycles. The highest BCUT2D eigenvalue weighted by molar-refractivity contribution is 5.84. The van der Waals surface area contributed by atoms with Gasteiger partial charge in [0.25, 0.3) is 0 Å². The Balaban J connectivity index is 1.99. The van der Waals surface area contributed by atoms with Crippen molar-refractivity contribution in [2.75, 3.05) is 13.2 Å². The van der Waals surface area contributed by atoms with Crippen molar-refractivity contribution in [1.29, 1.82) is 0 Å². The van der Waals surface area contributed by atoms with Crippen molar-refractivity contribution in [3.05, 3.63) is 12.2 Å². The minimum atomic E-state index is -0.462. The van der Waals surface area contributed by atoms with Gasteiger partial charge in [-0.2, -0.15) is 0 Å². The zero-order valence-corrected chi connectivity index (χ0v) is 11.8. The maximum absolute atomic E-state index is 12.2. The molecule has 0 amide bonds. The van der Waals surface area contributed by atoms with E-state index in [-0.39, 0.29) is 37.0 Å². The van der Waals surface area contributed by atoms with Crippen LogP contribution in [0.5, 0.6) is 0 Å². The molecule has 0 heterocycles. The first-order valence-electron chi connectivity index (χ1n) is 7.07. The monoisotopic (exact) mass is 286 g/mol. The number of allylic oxidation sites excluding steroid dienone is 2. The molecule has 110 valence electrons. The molecule has 0 aromatic rings. The largest absolute Gasteiger partial charge is 0.464 e. The number of hydrogen-bond acceptors (Lipinski definition) is 4. The standard InChI is InChI=1S/C17H18O4/c1-3-5-9-20-16(18)14-12-7-8-13(11-12)15(14)17(19)21-10-6-4-2/h1-2,7-8,12-15H,5-6,9-11H2/t12-,13+,14-,15+. The minimum Gasteiger partial charge on any atom is -0.464 e. The van der Waals surface area contributed by atoms with Crippen molar-refractivity contribution in [2.24, 2.45) is 23.7 Å². The van der Waals surface area contributed by atoms with Crippen LogP contribution in [-0.2, 0) is 19.1 Å². The predicted octanol–water partition coefficient (Wildman–Crippen LogP) is 1.56. The molecule has 4 heteroatoms. The van der Waals surface area contributed by atoms with Gasteiger partial charge in [-0.15, -0.1) is 24.7 Å². The molecule has 2 rings (SSSR count). The van der Waals surface area contributed by atoms with Crippen molar-refractivity contribution in [3.8, 4) is 24.7 Å². The summed E-state index contributed by atoms with van der Waals surface area (Å²) < 4.78 is 10.3. The molecule has 0 saturated heterocycles. The zero-order chi connectivity index (χ0) is 15.2. The summed E-state index contributed by atoms with van der Waals surface area (Å²) in [5.41, 5.74) is 0. The second kappa shape index (κ2) is 6.99. The van der Waals surface area contributed by atoms with Crippen molar-refractivity contribution in [3.63, 3.8) is 0 Å². The number of carbonyl (C=O) groups excluding carboxylic acids is 2. The molecule has 4 nitrogen and oxygen atoms in total. The topological polar surface area (TPSA) is 52.6 Å². The molecule has 0 spiro atoms. The maximum atomic E-state index is 12.2. The van der Waals surface area contributed by atoms with Gasteiger partial charge in [0.2, 0.25) is 0 Å². The normalized spacial score (nSPS) is 28.7. The molecule has 0 N–H and O–H groups in total. The highest BCUT2D eigenvalue weighted by atomic mass is 16.5. The summed E-state index contributed by atoms with van der Waals surface area (Å²) in [4.78, 5) is 24.4. The van der Waals surface area contributed by atoms with E-state index in [1.807, 2.05) is 12.2 Å². The van der Waals surface area contributed by atoms with Crippen molar-refractivity contribution in [2.45, 2.75) is 19.3 Å². The molecule has 1 saturated carbocycles. The molecular formula is C17H18O4. The van der Waals surface area contributed by atoms with E-state index in [0.717, 1.165) is 6.42 Å². The summed E-state index contributed by atoms with van der Waals surface area (Å²) in [7, 11) is 0. The first kappa shape index (κ1) is 15.2. The molecule has 2 aliphatic carbocycles. The molecule has 2 bridgehead atoms. The second-order valence-corrected chi connectivity index (χ2v) is 5.24. The molecular weight excluding hydrogens is 268 g/mol. The molecule has 1 fully saturated rings. The highest BCUT2D eigenvalue weighted by Crippen LogP contribution is 2.49. The second-order valence-electron chi connectivity index (χ2n) is 5.24. The third kappa shape index (κ3) is 3.28. The minimum absolute atomic E-state index is 0.0542. The fraction of sp³-hybridized carbons (Fsp3) is 0.529. The Labute approximate surface area is 124 Å². The van der Waals surface area contributed by atoms with Gasteiger partial charge in [0.05, 0.1) is 11.8 Å². The molecule has 0 aromatic carbocycles. The number of hydrogen-bond donors (Lipinski definition) is 0. The lowest BCUT2D eigenvalue weighted by Gasteiger charge is -2.24. The van der Waals surface area contributed by atoms with Gasteiger partial charge in [-0.1, -0.05) is 12.2 Å². The number of fused-ring (bicyclic) bond motifs is 2. The Morgan fingerprint density at radius 1 is 0.952 bits per heavy atom. The Hall–Kier alpha value is -2.20. The lowest BCUT2D eigenvalue weighted by atomic mass is 9.83. The Kier molecular flexibility index (Phi) is 5.06. The summed E-state index contributed by atoms with van der Waals surface area (Å²) in [5, 5.41) is 0. The van der Waals surface area contributed by atoms with Gasteiger partial charge in [0.15, 0.2) is 0 Å². The SMILES string of the molecule is C#CCCOC(=O)[C@@H]1[C@H](C(=O)OCCC#C)[C@@H]2C=C[C@H]1C2. The van der Waals surface area contributed by atoms with E-state index in [9.17, 15) is 9.59 Å². The predicted molar refractivity (Wildman–Crippen MR) is 76.5 cm³/mol. The van der Waals surface area contributed by atoms with Crippen LogP contribution >= 0.6 is 0 Å². The third-order valence-corrected chi connectivity index (χ3v) is 3.99. The number of ether oxygens (including phenoxy) is 2. The lowest BCUT2D eigenvalue weighted by molar-refractivity contribution is -0.161. The Morgan fingerprint density at radius 3 is 1.76 bits per heavy atom. The average Bonchev–Trinajstić information content (AvgIpc) is 3.08. The van der Waals surface area contributed by atoms with Gasteiger partial charge in [-0.25, -0.2) is 0 Å². The molecule has 21 heavy (non-hydrogen) atoms. The quantitative estimate of drug-likeness (QED) is 0.322. The van der Waals surface area contributed by atoms with Crippen LogP contribution in [0.4, 0.5) is 0 Å². The first-order chi connectivity index (χ1) is 10.2. The molecule has 4 atom stereocenters. The summed E-state index contributed by atoms with van der Waals surface area (Å²) >= 11 is 0. The van der Waals surface area contributed by atoms with Crippen LogP contribution in [0.25, 0.3) is 0 Å². The zero-order valence-electron chi connectivity index (χ0n) is 11.8. The van der Waals surface area contributed by atoms with Crippen LogP contribution in [0.15, 0.2) is 12.2 Å². The molecule has 0 unspecified atom stereocenters. The van der Waals surface area contributed by atoms with E-state index in [0.29, 0.717) is 12.8 Å². The van der Waals surface area contributed by atoms with Gasteiger partial charge in [0.1, 0.15) is 13.2 Å². The number of rotatable bonds is 6. The number of carbonyl (C=O) groups is 2. The van der Waals surface area contributed by atoms with Gasteiger partial charge in [-0.05, 0) is 18.3 Å². The summed E-state index contributed by atoms with van der Waals surface area (Å²) in [6.07, 6.45) is 15.8. The molecule has 0 aliphatic heterocycles. The third-order valence-electron chi connectivity index (χ3n) is 3.99. The van der Waals surface area contributed by atoms with E-state index in [1.165, 1.54) is 0 Å². The van der Waals surface area contributed by atoms with Crippen molar-refractivity contribution >= 4 is 11.9 Å². The lowest BCUT2D eigenvalue weighted by Crippen LogP contribution is -2.35. The van der Waals surface area contributed by atoms with E-state index < -0.39 is 11.8 Å². The smallest absolute Gasteiger partial charge is 0.310 e. The maximum Gasteiger partial charge on any atom is 0.310 e. The van der Waals surface area contributed by atoms with E-state index in [2.05, 4.69) is 11.8 Å². The Morgan fingerprint density at radius 2 is 1.38 bits per heavy atom. The van der Waals surface area contributed by atoms with Gasteiger partial charge < -0.3 is 9.47 Å². The summed E-state index contributed by atoms with van der Waals surface area (Å²) in [6.45, 7) is 0.373. The van der Waals surface area contributed by atoms with Crippen LogP contribution in [0.2, 0.25) is 0 Å². The summed E-state index contributed by atoms with van der Waals surface area (Å²) in [6, 6.07) is 0. The van der Waals surface area contributed by atoms with Crippen LogP contribution in [0.1, 0.15) is 19.3 Å². The van der Waals surface area contributed by atoms with Crippen LogP contribution in [0, 0.1) is 48.4 Å². The fourth-order valence-electron chi connectivity index (χ4n) is 3.08. The average molecular weight is 286 g/mol. The van der Waals surface area contributed by atoms with Crippen LogP contribution in [0.3, 0.4) is 0 Å². The molecule has 2 aliphatic rings. The van der Waals surface area contributed by atoms with Crippen molar-refractivity contribution < 1.29 is 19.1 Å². The van der Waals surface area contributed by atoms with E-state index in [4.69, 9.17) is 22.3 Å². The molecule has 0 radical (unpaired) electrons.